The largest absolute Gasteiger partial charge is 0.457 e. The van der Waals surface area contributed by atoms with Crippen LogP contribution in [0.1, 0.15) is 16.1 Å². The number of rotatable bonds is 4. The fraction of sp³-hybridized carbons (Fsp3) is 0.0588. The topological polar surface area (TPSA) is 48.0 Å². The molecule has 0 aliphatic carbocycles. The van der Waals surface area contributed by atoms with Crippen LogP contribution in [0.3, 0.4) is 0 Å². The van der Waals surface area contributed by atoms with Gasteiger partial charge < -0.3 is 4.42 Å². The van der Waals surface area contributed by atoms with Crippen LogP contribution in [0.5, 0.6) is 0 Å². The molecule has 3 rings (SSSR count). The molecule has 0 aliphatic heterocycles. The van der Waals surface area contributed by atoms with Crippen LogP contribution in [0.2, 0.25) is 5.02 Å². The van der Waals surface area contributed by atoms with E-state index in [-0.39, 0.29) is 5.78 Å². The van der Waals surface area contributed by atoms with E-state index in [4.69, 9.17) is 16.0 Å². The van der Waals surface area contributed by atoms with Gasteiger partial charge in [0.15, 0.2) is 5.78 Å². The van der Waals surface area contributed by atoms with Gasteiger partial charge in [0.25, 0.3) is 0 Å². The Labute approximate surface area is 132 Å². The van der Waals surface area contributed by atoms with Crippen molar-refractivity contribution in [2.75, 3.05) is 0 Å². The van der Waals surface area contributed by atoms with Gasteiger partial charge in [0, 0.05) is 23.8 Å². The minimum absolute atomic E-state index is 0.117. The van der Waals surface area contributed by atoms with Crippen LogP contribution in [0.15, 0.2) is 59.3 Å². The maximum absolute atomic E-state index is 12.0. The van der Waals surface area contributed by atoms with Gasteiger partial charge in [-0.05, 0) is 36.4 Å². The number of hydrogen-bond donors (Lipinski definition) is 0. The Morgan fingerprint density at radius 3 is 2.91 bits per heavy atom. The second kappa shape index (κ2) is 6.03. The zero-order valence-electron chi connectivity index (χ0n) is 11.9. The third-order valence-corrected chi connectivity index (χ3v) is 3.36. The summed E-state index contributed by atoms with van der Waals surface area (Å²) >= 11 is 5.97. The summed E-state index contributed by atoms with van der Waals surface area (Å²) in [6, 6.07) is 11.1. The molecule has 0 fully saturated rings. The summed E-state index contributed by atoms with van der Waals surface area (Å²) in [6.07, 6.45) is 6.32. The van der Waals surface area contributed by atoms with Gasteiger partial charge in [-0.3, -0.25) is 9.48 Å². The first-order chi connectivity index (χ1) is 10.6. The molecular formula is C17H13ClN2O2. The normalized spacial score (nSPS) is 11.2. The van der Waals surface area contributed by atoms with Gasteiger partial charge in [-0.2, -0.15) is 5.10 Å². The van der Waals surface area contributed by atoms with E-state index in [1.165, 1.54) is 12.3 Å². The summed E-state index contributed by atoms with van der Waals surface area (Å²) in [4.78, 5) is 12.0. The lowest BCUT2D eigenvalue weighted by Crippen LogP contribution is -1.91. The van der Waals surface area contributed by atoms with Crippen LogP contribution >= 0.6 is 11.6 Å². The number of nitrogens with zero attached hydrogens (tertiary/aromatic N) is 2. The van der Waals surface area contributed by atoms with Crippen LogP contribution in [0.25, 0.3) is 17.4 Å². The van der Waals surface area contributed by atoms with Crippen molar-refractivity contribution in [3.05, 3.63) is 71.2 Å². The number of aromatic nitrogens is 2. The van der Waals surface area contributed by atoms with Crippen molar-refractivity contribution in [2.24, 2.45) is 7.05 Å². The molecule has 0 saturated carbocycles. The Kier molecular flexibility index (Phi) is 3.94. The summed E-state index contributed by atoms with van der Waals surface area (Å²) in [6.45, 7) is 0. The predicted octanol–water partition coefficient (Wildman–Crippen LogP) is 4.23. The SMILES string of the molecule is Cn1cc(C(=O)/C=C/c2ccc(-c3cccc(Cl)c3)o2)cn1. The van der Waals surface area contributed by atoms with Gasteiger partial charge in [0.1, 0.15) is 11.5 Å². The van der Waals surface area contributed by atoms with Gasteiger partial charge in [0.2, 0.25) is 0 Å². The molecule has 0 atom stereocenters. The first kappa shape index (κ1) is 14.4. The highest BCUT2D eigenvalue weighted by atomic mass is 35.5. The molecule has 0 aliphatic rings. The Bertz CT molecular complexity index is 846. The lowest BCUT2D eigenvalue weighted by molar-refractivity contribution is 0.104. The summed E-state index contributed by atoms with van der Waals surface area (Å²) < 4.78 is 7.29. The molecule has 22 heavy (non-hydrogen) atoms. The summed E-state index contributed by atoms with van der Waals surface area (Å²) in [5.74, 6) is 1.19. The van der Waals surface area contributed by atoms with Gasteiger partial charge in [-0.15, -0.1) is 0 Å². The van der Waals surface area contributed by atoms with Crippen LogP contribution in [-0.2, 0) is 7.05 Å². The highest BCUT2D eigenvalue weighted by molar-refractivity contribution is 6.30. The Morgan fingerprint density at radius 1 is 1.32 bits per heavy atom. The lowest BCUT2D eigenvalue weighted by atomic mass is 10.2. The number of furan rings is 1. The number of carbonyl (C=O) groups excluding carboxylic acids is 1. The number of aryl methyl sites for hydroxylation is 1. The van der Waals surface area contributed by atoms with Crippen molar-refractivity contribution in [3.8, 4) is 11.3 Å². The minimum Gasteiger partial charge on any atom is -0.457 e. The molecular weight excluding hydrogens is 300 g/mol. The average molecular weight is 313 g/mol. The number of benzene rings is 1. The van der Waals surface area contributed by atoms with E-state index in [0.717, 1.165) is 5.56 Å². The second-order valence-electron chi connectivity index (χ2n) is 4.81. The first-order valence-electron chi connectivity index (χ1n) is 6.69. The minimum atomic E-state index is -0.117. The van der Waals surface area contributed by atoms with Crippen molar-refractivity contribution in [1.82, 2.24) is 9.78 Å². The van der Waals surface area contributed by atoms with Gasteiger partial charge >= 0.3 is 0 Å². The fourth-order valence-corrected chi connectivity index (χ4v) is 2.23. The fourth-order valence-electron chi connectivity index (χ4n) is 2.04. The number of carbonyl (C=O) groups is 1. The molecule has 110 valence electrons. The molecule has 5 heteroatoms. The van der Waals surface area contributed by atoms with E-state index in [9.17, 15) is 4.79 Å². The molecule has 2 heterocycles. The molecule has 0 spiro atoms. The molecule has 0 saturated heterocycles. The summed E-state index contributed by atoms with van der Waals surface area (Å²) in [5.41, 5.74) is 1.44. The van der Waals surface area contributed by atoms with Gasteiger partial charge in [-0.1, -0.05) is 23.7 Å². The molecule has 0 N–H and O–H groups in total. The Hall–Kier alpha value is -2.59. The van der Waals surface area contributed by atoms with E-state index >= 15 is 0 Å². The monoisotopic (exact) mass is 312 g/mol. The highest BCUT2D eigenvalue weighted by Gasteiger charge is 2.06. The maximum Gasteiger partial charge on any atom is 0.189 e. The van der Waals surface area contributed by atoms with Crippen LogP contribution in [-0.4, -0.2) is 15.6 Å². The smallest absolute Gasteiger partial charge is 0.189 e. The molecule has 0 bridgehead atoms. The third-order valence-electron chi connectivity index (χ3n) is 3.12. The molecule has 0 radical (unpaired) electrons. The van der Waals surface area contributed by atoms with Gasteiger partial charge in [-0.25, -0.2) is 0 Å². The molecule has 1 aromatic carbocycles. The molecule has 0 unspecified atom stereocenters. The maximum atomic E-state index is 12.0. The van der Waals surface area contributed by atoms with Gasteiger partial charge in [0.05, 0.1) is 11.8 Å². The molecule has 0 amide bonds. The highest BCUT2D eigenvalue weighted by Crippen LogP contribution is 2.25. The van der Waals surface area contributed by atoms with Crippen molar-refractivity contribution in [1.29, 1.82) is 0 Å². The van der Waals surface area contributed by atoms with Crippen molar-refractivity contribution in [2.45, 2.75) is 0 Å². The Balaban J connectivity index is 1.77. The molecule has 4 nitrogen and oxygen atoms in total. The summed E-state index contributed by atoms with van der Waals surface area (Å²) in [7, 11) is 1.77. The number of halogens is 1. The van der Waals surface area contributed by atoms with Crippen LogP contribution < -0.4 is 0 Å². The predicted molar refractivity (Wildman–Crippen MR) is 85.7 cm³/mol. The molecule has 2 aromatic heterocycles. The van der Waals surface area contributed by atoms with E-state index in [0.29, 0.717) is 22.1 Å². The average Bonchev–Trinajstić information content (AvgIpc) is 3.14. The second-order valence-corrected chi connectivity index (χ2v) is 5.25. The zero-order chi connectivity index (χ0) is 15.5. The zero-order valence-corrected chi connectivity index (χ0v) is 12.6. The van der Waals surface area contributed by atoms with Crippen LogP contribution in [0.4, 0.5) is 0 Å². The van der Waals surface area contributed by atoms with Crippen LogP contribution in [0, 0.1) is 0 Å². The summed E-state index contributed by atoms with van der Waals surface area (Å²) in [5, 5.41) is 4.62. The Morgan fingerprint density at radius 2 is 2.18 bits per heavy atom. The lowest BCUT2D eigenvalue weighted by Gasteiger charge is -1.96. The number of allylic oxidation sites excluding steroid dienone is 1. The quantitative estimate of drug-likeness (QED) is 0.535. The van der Waals surface area contributed by atoms with E-state index in [2.05, 4.69) is 5.10 Å². The van der Waals surface area contributed by atoms with Crippen molar-refractivity contribution in [3.63, 3.8) is 0 Å². The molecule has 3 aromatic rings. The van der Waals surface area contributed by atoms with E-state index < -0.39 is 0 Å². The van der Waals surface area contributed by atoms with Crippen molar-refractivity contribution < 1.29 is 9.21 Å². The van der Waals surface area contributed by atoms with Crippen molar-refractivity contribution >= 4 is 23.5 Å². The number of ketones is 1. The van der Waals surface area contributed by atoms with E-state index in [1.807, 2.05) is 30.3 Å². The first-order valence-corrected chi connectivity index (χ1v) is 7.06. The number of hydrogen-bond acceptors (Lipinski definition) is 3. The third kappa shape index (κ3) is 3.18. The van der Waals surface area contributed by atoms with E-state index in [1.54, 1.807) is 30.1 Å². The standard InChI is InChI=1S/C17H13ClN2O2/c1-20-11-13(10-19-20)16(21)7-5-15-6-8-17(22-15)12-3-2-4-14(18)9-12/h2-11H,1H3/b7-5+.